The molecule has 0 amide bonds. The van der Waals surface area contributed by atoms with E-state index in [1.165, 1.54) is 0 Å². The Labute approximate surface area is 197 Å². The molecule has 2 unspecified atom stereocenters. The summed E-state index contributed by atoms with van der Waals surface area (Å²) >= 11 is 0. The van der Waals surface area contributed by atoms with Gasteiger partial charge in [0.05, 0.1) is 11.4 Å². The molecule has 12 nitrogen and oxygen atoms in total. The number of carboxylic acids is 4. The van der Waals surface area contributed by atoms with Gasteiger partial charge in [-0.25, -0.2) is 0 Å². The molecule has 2 heterocycles. The SMILES string of the molecule is CN1CCN(C(CCC(=O)O)C(=O)O)Cc2cccc(n2)CN(C(CCC(=O)O)C(=O)O)CC1. The molecule has 188 valence electrons. The van der Waals surface area contributed by atoms with Gasteiger partial charge >= 0.3 is 23.9 Å². The molecule has 4 N–H and O–H groups in total. The maximum Gasteiger partial charge on any atom is 0.320 e. The number of aliphatic carboxylic acids is 4. The Bertz CT molecular complexity index is 815. The molecule has 2 atom stereocenters. The molecule has 12 heteroatoms. The van der Waals surface area contributed by atoms with Crippen molar-refractivity contribution < 1.29 is 39.6 Å². The van der Waals surface area contributed by atoms with Crippen LogP contribution in [0.5, 0.6) is 0 Å². The van der Waals surface area contributed by atoms with Crippen molar-refractivity contribution in [2.24, 2.45) is 0 Å². The highest BCUT2D eigenvalue weighted by molar-refractivity contribution is 5.75. The van der Waals surface area contributed by atoms with Crippen LogP contribution < -0.4 is 0 Å². The molecule has 1 aliphatic rings. The van der Waals surface area contributed by atoms with Crippen LogP contribution in [-0.4, -0.2) is 109 Å². The van der Waals surface area contributed by atoms with Crippen LogP contribution in [0, 0.1) is 0 Å². The number of likely N-dealkylation sites (N-methyl/N-ethyl adjacent to an activating group) is 1. The molecule has 1 aromatic rings. The Morgan fingerprint density at radius 3 is 1.56 bits per heavy atom. The van der Waals surface area contributed by atoms with Crippen LogP contribution in [0.1, 0.15) is 37.1 Å². The van der Waals surface area contributed by atoms with Gasteiger partial charge in [-0.15, -0.1) is 0 Å². The van der Waals surface area contributed by atoms with Crippen molar-refractivity contribution in [1.82, 2.24) is 19.7 Å². The summed E-state index contributed by atoms with van der Waals surface area (Å²) in [5.74, 6) is -4.32. The first-order valence-corrected chi connectivity index (χ1v) is 11.1. The molecular formula is C22H32N4O8. The molecule has 1 aromatic heterocycles. The zero-order chi connectivity index (χ0) is 25.3. The average Bonchev–Trinajstić information content (AvgIpc) is 2.74. The van der Waals surface area contributed by atoms with E-state index in [1.807, 2.05) is 11.9 Å². The van der Waals surface area contributed by atoms with Crippen molar-refractivity contribution in [3.05, 3.63) is 29.6 Å². The smallest absolute Gasteiger partial charge is 0.320 e. The molecular weight excluding hydrogens is 448 g/mol. The van der Waals surface area contributed by atoms with Crippen molar-refractivity contribution in [3.8, 4) is 0 Å². The minimum atomic E-state index is -1.10. The maximum atomic E-state index is 11.9. The zero-order valence-corrected chi connectivity index (χ0v) is 19.2. The molecule has 0 radical (unpaired) electrons. The Hall–Kier alpha value is -3.09. The van der Waals surface area contributed by atoms with Crippen molar-refractivity contribution >= 4 is 23.9 Å². The Balaban J connectivity index is 2.32. The van der Waals surface area contributed by atoms with Gasteiger partial charge in [-0.3, -0.25) is 34.0 Å². The third-order valence-corrected chi connectivity index (χ3v) is 5.85. The highest BCUT2D eigenvalue weighted by Crippen LogP contribution is 2.17. The number of hydrogen-bond acceptors (Lipinski definition) is 8. The Morgan fingerprint density at radius 2 is 1.21 bits per heavy atom. The third-order valence-electron chi connectivity index (χ3n) is 5.85. The second-order valence-corrected chi connectivity index (χ2v) is 8.44. The number of pyridine rings is 1. The van der Waals surface area contributed by atoms with Crippen LogP contribution in [-0.2, 0) is 32.3 Å². The number of rotatable bonds is 10. The average molecular weight is 481 g/mol. The molecule has 0 spiro atoms. The molecule has 0 fully saturated rings. The van der Waals surface area contributed by atoms with Crippen molar-refractivity contribution in [2.45, 2.75) is 50.9 Å². The van der Waals surface area contributed by atoms with Gasteiger partial charge in [-0.05, 0) is 32.0 Å². The predicted molar refractivity (Wildman–Crippen MR) is 119 cm³/mol. The van der Waals surface area contributed by atoms with E-state index in [4.69, 9.17) is 10.2 Å². The van der Waals surface area contributed by atoms with E-state index >= 15 is 0 Å². The third kappa shape index (κ3) is 8.69. The predicted octanol–water partition coefficient (Wildman–Crippen LogP) is 0.267. The van der Waals surface area contributed by atoms with Crippen LogP contribution in [0.15, 0.2) is 18.2 Å². The van der Waals surface area contributed by atoms with Gasteiger partial charge in [0.2, 0.25) is 0 Å². The molecule has 1 aliphatic heterocycles. The molecule has 2 bridgehead atoms. The monoisotopic (exact) mass is 480 g/mol. The fraction of sp³-hybridized carbons (Fsp3) is 0.591. The Kier molecular flexibility index (Phi) is 10.4. The number of aromatic nitrogens is 1. The van der Waals surface area contributed by atoms with Gasteiger partial charge in [0, 0.05) is 52.1 Å². The zero-order valence-electron chi connectivity index (χ0n) is 19.2. The van der Waals surface area contributed by atoms with Gasteiger partial charge in [0.15, 0.2) is 0 Å². The van der Waals surface area contributed by atoms with Gasteiger partial charge in [-0.2, -0.15) is 0 Å². The first-order valence-electron chi connectivity index (χ1n) is 11.1. The summed E-state index contributed by atoms with van der Waals surface area (Å²) in [4.78, 5) is 55.8. The van der Waals surface area contributed by atoms with Gasteiger partial charge in [0.25, 0.3) is 0 Å². The van der Waals surface area contributed by atoms with Crippen LogP contribution in [0.3, 0.4) is 0 Å². The summed E-state index contributed by atoms with van der Waals surface area (Å²) in [6.45, 7) is 2.02. The normalized spacial score (nSPS) is 18.3. The van der Waals surface area contributed by atoms with E-state index < -0.39 is 36.0 Å². The van der Waals surface area contributed by atoms with E-state index in [0.717, 1.165) is 0 Å². The van der Waals surface area contributed by atoms with Crippen LogP contribution in [0.4, 0.5) is 0 Å². The molecule has 2 rings (SSSR count). The van der Waals surface area contributed by atoms with Gasteiger partial charge in [-0.1, -0.05) is 6.07 Å². The summed E-state index contributed by atoms with van der Waals surface area (Å²) in [7, 11) is 1.83. The lowest BCUT2D eigenvalue weighted by Crippen LogP contribution is -2.47. The van der Waals surface area contributed by atoms with E-state index in [-0.39, 0.29) is 38.8 Å². The van der Waals surface area contributed by atoms with E-state index in [1.54, 1.807) is 28.0 Å². The second-order valence-electron chi connectivity index (χ2n) is 8.44. The van der Waals surface area contributed by atoms with Crippen LogP contribution in [0.2, 0.25) is 0 Å². The maximum absolute atomic E-state index is 11.9. The molecule has 0 aromatic carbocycles. The lowest BCUT2D eigenvalue weighted by molar-refractivity contribution is -0.146. The summed E-state index contributed by atoms with van der Waals surface area (Å²) in [6.07, 6.45) is -0.602. The van der Waals surface area contributed by atoms with Crippen LogP contribution >= 0.6 is 0 Å². The van der Waals surface area contributed by atoms with Crippen molar-refractivity contribution in [3.63, 3.8) is 0 Å². The van der Waals surface area contributed by atoms with E-state index in [2.05, 4.69) is 4.98 Å². The summed E-state index contributed by atoms with van der Waals surface area (Å²) in [5, 5.41) is 37.5. The van der Waals surface area contributed by atoms with Gasteiger partial charge in [0.1, 0.15) is 12.1 Å². The lowest BCUT2D eigenvalue weighted by Gasteiger charge is -2.33. The van der Waals surface area contributed by atoms with Crippen molar-refractivity contribution in [2.75, 3.05) is 33.2 Å². The number of fused-ring (bicyclic) bond motifs is 2. The second kappa shape index (κ2) is 13.0. The fourth-order valence-corrected chi connectivity index (χ4v) is 3.97. The molecule has 0 saturated carbocycles. The summed E-state index contributed by atoms with van der Waals surface area (Å²) in [5.41, 5.74) is 1.17. The largest absolute Gasteiger partial charge is 0.481 e. The standard InChI is InChI=1S/C22H32N4O8/c1-24-9-11-25(17(21(31)32)5-7-19(27)28)13-15-3-2-4-16(23-15)14-26(12-10-24)18(22(33)34)6-8-20(29)30/h2-4,17-18H,5-14H2,1H3,(H,27,28)(H,29,30)(H,31,32)(H,33,34). The quantitative estimate of drug-likeness (QED) is 0.361. The summed E-state index contributed by atoms with van der Waals surface area (Å²) in [6, 6.07) is 3.27. The van der Waals surface area contributed by atoms with Crippen LogP contribution in [0.25, 0.3) is 0 Å². The van der Waals surface area contributed by atoms with Crippen molar-refractivity contribution in [1.29, 1.82) is 0 Å². The fourth-order valence-electron chi connectivity index (χ4n) is 3.97. The number of nitrogens with zero attached hydrogens (tertiary/aromatic N) is 4. The first kappa shape index (κ1) is 27.2. The molecule has 34 heavy (non-hydrogen) atoms. The van der Waals surface area contributed by atoms with Gasteiger partial charge < -0.3 is 25.3 Å². The molecule has 0 aliphatic carbocycles. The first-order chi connectivity index (χ1) is 16.1. The number of hydrogen-bond donors (Lipinski definition) is 4. The minimum Gasteiger partial charge on any atom is -0.481 e. The Morgan fingerprint density at radius 1 is 0.794 bits per heavy atom. The highest BCUT2D eigenvalue weighted by atomic mass is 16.4. The highest BCUT2D eigenvalue weighted by Gasteiger charge is 2.29. The minimum absolute atomic E-state index is 0.0360. The van der Waals surface area contributed by atoms with E-state index in [9.17, 15) is 29.4 Å². The number of carboxylic acid groups (broad SMARTS) is 4. The van der Waals surface area contributed by atoms with E-state index in [0.29, 0.717) is 37.6 Å². The molecule has 0 saturated heterocycles. The summed E-state index contributed by atoms with van der Waals surface area (Å²) < 4.78 is 0. The lowest BCUT2D eigenvalue weighted by atomic mass is 10.1. The topological polar surface area (TPSA) is 172 Å². The number of carbonyl (C=O) groups is 4.